The summed E-state index contributed by atoms with van der Waals surface area (Å²) in [6.45, 7) is 7.43. The number of nitrogens with zero attached hydrogens (tertiary/aromatic N) is 1. The van der Waals surface area contributed by atoms with E-state index >= 15 is 0 Å². The zero-order chi connectivity index (χ0) is 16.1. The Balaban J connectivity index is 2.22. The Labute approximate surface area is 132 Å². The molecular formula is C18H25N3O. The highest BCUT2D eigenvalue weighted by atomic mass is 16.1. The smallest absolute Gasteiger partial charge is 0.253 e. The monoisotopic (exact) mass is 299 g/mol. The average molecular weight is 299 g/mol. The molecule has 2 rings (SSSR count). The van der Waals surface area contributed by atoms with Gasteiger partial charge in [0.05, 0.1) is 5.56 Å². The number of aryl methyl sites for hydroxylation is 2. The van der Waals surface area contributed by atoms with E-state index < -0.39 is 0 Å². The van der Waals surface area contributed by atoms with Crippen molar-refractivity contribution < 1.29 is 4.79 Å². The second-order valence-corrected chi connectivity index (χ2v) is 5.71. The molecule has 0 atom stereocenters. The number of nitrogens with one attached hydrogen (secondary N) is 1. The van der Waals surface area contributed by atoms with Crippen LogP contribution in [0.15, 0.2) is 30.3 Å². The van der Waals surface area contributed by atoms with Gasteiger partial charge in [-0.05, 0) is 63.9 Å². The lowest BCUT2D eigenvalue weighted by Crippen LogP contribution is -2.25. The van der Waals surface area contributed by atoms with Crippen molar-refractivity contribution in [2.75, 3.05) is 13.1 Å². The molecule has 0 aliphatic heterocycles. The second-order valence-electron chi connectivity index (χ2n) is 5.71. The number of carbonyl (C=O) groups excluding carboxylic acids is 1. The molecule has 0 radical (unpaired) electrons. The second kappa shape index (κ2) is 7.27. The largest absolute Gasteiger partial charge is 0.352 e. The minimum Gasteiger partial charge on any atom is -0.352 e. The van der Waals surface area contributed by atoms with Crippen LogP contribution in [0.1, 0.15) is 40.2 Å². The van der Waals surface area contributed by atoms with Crippen LogP contribution in [0.25, 0.3) is 5.69 Å². The maximum Gasteiger partial charge on any atom is 0.253 e. The average Bonchev–Trinajstić information content (AvgIpc) is 2.78. The minimum absolute atomic E-state index is 0.0102. The van der Waals surface area contributed by atoms with Crippen LogP contribution in [0.2, 0.25) is 0 Å². The lowest BCUT2D eigenvalue weighted by atomic mass is 10.2. The molecule has 0 bridgehead atoms. The minimum atomic E-state index is -0.0102. The number of nitrogens with two attached hydrogens (primary N) is 1. The molecule has 0 saturated heterocycles. The maximum atomic E-state index is 12.3. The predicted octanol–water partition coefficient (Wildman–Crippen LogP) is 2.87. The number of hydrogen-bond donors (Lipinski definition) is 2. The van der Waals surface area contributed by atoms with Gasteiger partial charge in [0, 0.05) is 23.6 Å². The van der Waals surface area contributed by atoms with Crippen molar-refractivity contribution in [3.05, 3.63) is 52.8 Å². The van der Waals surface area contributed by atoms with Crippen LogP contribution in [0, 0.1) is 20.8 Å². The van der Waals surface area contributed by atoms with Crippen LogP contribution in [-0.2, 0) is 0 Å². The molecule has 0 fully saturated rings. The highest BCUT2D eigenvalue weighted by Crippen LogP contribution is 2.21. The summed E-state index contributed by atoms with van der Waals surface area (Å²) in [6.07, 6.45) is 1.85. The molecular weight excluding hydrogens is 274 g/mol. The third-order valence-corrected chi connectivity index (χ3v) is 3.85. The van der Waals surface area contributed by atoms with Gasteiger partial charge in [-0.25, -0.2) is 0 Å². The van der Waals surface area contributed by atoms with Gasteiger partial charge in [-0.3, -0.25) is 4.79 Å². The molecule has 118 valence electrons. The third kappa shape index (κ3) is 3.57. The topological polar surface area (TPSA) is 60.0 Å². The molecule has 0 saturated carbocycles. The Bertz CT molecular complexity index is 658. The van der Waals surface area contributed by atoms with E-state index in [9.17, 15) is 4.79 Å². The number of aromatic nitrogens is 1. The number of rotatable bonds is 6. The predicted molar refractivity (Wildman–Crippen MR) is 90.6 cm³/mol. The van der Waals surface area contributed by atoms with Gasteiger partial charge in [-0.15, -0.1) is 0 Å². The summed E-state index contributed by atoms with van der Waals surface area (Å²) < 4.78 is 2.13. The van der Waals surface area contributed by atoms with Gasteiger partial charge in [0.2, 0.25) is 0 Å². The van der Waals surface area contributed by atoms with Crippen molar-refractivity contribution in [3.63, 3.8) is 0 Å². The molecule has 1 amide bonds. The SMILES string of the molecule is Cc1cccc(-n2c(C)cc(C(=O)NCCCCN)c2C)c1. The third-order valence-electron chi connectivity index (χ3n) is 3.85. The van der Waals surface area contributed by atoms with Crippen LogP contribution in [0.3, 0.4) is 0 Å². The van der Waals surface area contributed by atoms with Gasteiger partial charge in [0.1, 0.15) is 0 Å². The lowest BCUT2D eigenvalue weighted by molar-refractivity contribution is 0.0952. The highest BCUT2D eigenvalue weighted by molar-refractivity contribution is 5.95. The first-order valence-corrected chi connectivity index (χ1v) is 7.79. The number of amides is 1. The molecule has 22 heavy (non-hydrogen) atoms. The van der Waals surface area contributed by atoms with Crippen LogP contribution in [-0.4, -0.2) is 23.6 Å². The van der Waals surface area contributed by atoms with Crippen molar-refractivity contribution >= 4 is 5.91 Å². The maximum absolute atomic E-state index is 12.3. The summed E-state index contributed by atoms with van der Waals surface area (Å²) in [5, 5.41) is 2.97. The molecule has 0 aliphatic rings. The van der Waals surface area contributed by atoms with Crippen LogP contribution >= 0.6 is 0 Å². The summed E-state index contributed by atoms with van der Waals surface area (Å²) in [5.74, 6) is -0.0102. The summed E-state index contributed by atoms with van der Waals surface area (Å²) in [7, 11) is 0. The van der Waals surface area contributed by atoms with E-state index in [0.29, 0.717) is 13.1 Å². The van der Waals surface area contributed by atoms with Gasteiger partial charge in [-0.1, -0.05) is 12.1 Å². The summed E-state index contributed by atoms with van der Waals surface area (Å²) >= 11 is 0. The molecule has 1 aromatic carbocycles. The van der Waals surface area contributed by atoms with Crippen LogP contribution in [0.5, 0.6) is 0 Å². The first-order chi connectivity index (χ1) is 10.5. The quantitative estimate of drug-likeness (QED) is 0.806. The lowest BCUT2D eigenvalue weighted by Gasteiger charge is -2.11. The number of unbranched alkanes of at least 4 members (excludes halogenated alkanes) is 1. The molecule has 0 unspecified atom stereocenters. The molecule has 2 aromatic rings. The first kappa shape index (κ1) is 16.3. The van der Waals surface area contributed by atoms with Gasteiger partial charge >= 0.3 is 0 Å². The molecule has 1 heterocycles. The van der Waals surface area contributed by atoms with Crippen LogP contribution in [0.4, 0.5) is 0 Å². The Morgan fingerprint density at radius 3 is 2.64 bits per heavy atom. The molecule has 0 spiro atoms. The number of carbonyl (C=O) groups is 1. The fourth-order valence-corrected chi connectivity index (χ4v) is 2.72. The van der Waals surface area contributed by atoms with Gasteiger partial charge in [0.15, 0.2) is 0 Å². The molecule has 4 nitrogen and oxygen atoms in total. The highest BCUT2D eigenvalue weighted by Gasteiger charge is 2.16. The zero-order valence-corrected chi connectivity index (χ0v) is 13.6. The number of hydrogen-bond acceptors (Lipinski definition) is 2. The standard InChI is InChI=1S/C18H25N3O/c1-13-7-6-8-16(11-13)21-14(2)12-17(15(21)3)18(22)20-10-5-4-9-19/h6-8,11-12H,4-5,9-10,19H2,1-3H3,(H,20,22). The fourth-order valence-electron chi connectivity index (χ4n) is 2.72. The summed E-state index contributed by atoms with van der Waals surface area (Å²) in [4.78, 5) is 12.3. The Morgan fingerprint density at radius 2 is 1.95 bits per heavy atom. The number of benzene rings is 1. The van der Waals surface area contributed by atoms with Gasteiger partial charge < -0.3 is 15.6 Å². The summed E-state index contributed by atoms with van der Waals surface area (Å²) in [5.41, 5.74) is 10.5. The van der Waals surface area contributed by atoms with E-state index in [1.54, 1.807) is 0 Å². The van der Waals surface area contributed by atoms with E-state index in [1.165, 1.54) is 5.56 Å². The van der Waals surface area contributed by atoms with Gasteiger partial charge in [-0.2, -0.15) is 0 Å². The van der Waals surface area contributed by atoms with Gasteiger partial charge in [0.25, 0.3) is 5.91 Å². The van der Waals surface area contributed by atoms with Crippen LogP contribution < -0.4 is 11.1 Å². The Hall–Kier alpha value is -2.07. The molecule has 3 N–H and O–H groups in total. The van der Waals surface area contributed by atoms with E-state index in [4.69, 9.17) is 5.73 Å². The zero-order valence-electron chi connectivity index (χ0n) is 13.6. The van der Waals surface area contributed by atoms with Crippen molar-refractivity contribution in [2.24, 2.45) is 5.73 Å². The van der Waals surface area contributed by atoms with Crippen molar-refractivity contribution in [3.8, 4) is 5.69 Å². The van der Waals surface area contributed by atoms with Crippen molar-refractivity contribution in [1.29, 1.82) is 0 Å². The van der Waals surface area contributed by atoms with Crippen molar-refractivity contribution in [2.45, 2.75) is 33.6 Å². The van der Waals surface area contributed by atoms with E-state index in [-0.39, 0.29) is 5.91 Å². The molecule has 1 aromatic heterocycles. The Morgan fingerprint density at radius 1 is 1.18 bits per heavy atom. The summed E-state index contributed by atoms with van der Waals surface area (Å²) in [6, 6.07) is 10.3. The Kier molecular flexibility index (Phi) is 5.39. The van der Waals surface area contributed by atoms with E-state index in [1.807, 2.05) is 26.0 Å². The van der Waals surface area contributed by atoms with Crippen molar-refractivity contribution in [1.82, 2.24) is 9.88 Å². The van der Waals surface area contributed by atoms with E-state index in [2.05, 4.69) is 35.0 Å². The van der Waals surface area contributed by atoms with E-state index in [0.717, 1.165) is 35.5 Å². The molecule has 4 heteroatoms. The first-order valence-electron chi connectivity index (χ1n) is 7.79. The molecule has 0 aliphatic carbocycles. The fraction of sp³-hybridized carbons (Fsp3) is 0.389. The normalized spacial score (nSPS) is 10.7.